The Morgan fingerprint density at radius 2 is 1.44 bits per heavy atom. The van der Waals surface area contributed by atoms with Crippen molar-refractivity contribution in [2.75, 3.05) is 33.4 Å². The van der Waals surface area contributed by atoms with Crippen LogP contribution in [0.1, 0.15) is 25.7 Å². The summed E-state index contributed by atoms with van der Waals surface area (Å²) in [7, 11) is -6.11. The fraction of sp³-hybridized carbons (Fsp3) is 0.478. The lowest BCUT2D eigenvalue weighted by molar-refractivity contribution is 0.114. The first-order chi connectivity index (χ1) is 16.3. The zero-order chi connectivity index (χ0) is 24.2. The molecule has 2 atom stereocenters. The summed E-state index contributed by atoms with van der Waals surface area (Å²) in [4.78, 5) is 0.153. The van der Waals surface area contributed by atoms with Crippen molar-refractivity contribution in [3.8, 4) is 16.9 Å². The number of benzene rings is 2. The molecule has 2 aromatic rings. The molecule has 34 heavy (non-hydrogen) atoms. The maximum atomic E-state index is 13.1. The van der Waals surface area contributed by atoms with E-state index in [2.05, 4.69) is 9.44 Å². The Labute approximate surface area is 200 Å². The van der Waals surface area contributed by atoms with Crippen LogP contribution in [0.2, 0.25) is 0 Å². The summed E-state index contributed by atoms with van der Waals surface area (Å²) in [6, 6.07) is 10.9. The van der Waals surface area contributed by atoms with Gasteiger partial charge in [-0.2, -0.15) is 0 Å². The number of hydrogen-bond donors (Lipinski definition) is 2. The first-order valence-corrected chi connectivity index (χ1v) is 14.3. The summed E-state index contributed by atoms with van der Waals surface area (Å²) in [5.74, 6) is 0.402. The first kappa shape index (κ1) is 25.1. The van der Waals surface area contributed by atoms with E-state index in [1.54, 1.807) is 24.3 Å². The fourth-order valence-corrected chi connectivity index (χ4v) is 6.46. The molecule has 4 rings (SSSR count). The van der Waals surface area contributed by atoms with Gasteiger partial charge in [0.2, 0.25) is 20.0 Å². The third-order valence-electron chi connectivity index (χ3n) is 6.00. The van der Waals surface area contributed by atoms with Crippen molar-refractivity contribution in [2.24, 2.45) is 0 Å². The average Bonchev–Trinajstić information content (AvgIpc) is 3.56. The molecule has 2 N–H and O–H groups in total. The van der Waals surface area contributed by atoms with Gasteiger partial charge in [-0.25, -0.2) is 26.3 Å². The molecule has 2 heterocycles. The molecular formula is C23H30N2O7S2. The summed E-state index contributed by atoms with van der Waals surface area (Å²) < 4.78 is 73.1. The molecule has 0 radical (unpaired) electrons. The molecular weight excluding hydrogens is 480 g/mol. The maximum Gasteiger partial charge on any atom is 0.241 e. The molecule has 0 spiro atoms. The summed E-state index contributed by atoms with van der Waals surface area (Å²) >= 11 is 0. The van der Waals surface area contributed by atoms with Gasteiger partial charge in [0.05, 0.1) is 29.1 Å². The lowest BCUT2D eigenvalue weighted by Gasteiger charge is -2.16. The molecule has 2 saturated heterocycles. The van der Waals surface area contributed by atoms with Crippen LogP contribution in [0.15, 0.2) is 52.3 Å². The molecule has 2 aliphatic heterocycles. The minimum absolute atomic E-state index is 0.0527. The molecule has 2 fully saturated rings. The van der Waals surface area contributed by atoms with Gasteiger partial charge >= 0.3 is 0 Å². The zero-order valence-corrected chi connectivity index (χ0v) is 20.7. The van der Waals surface area contributed by atoms with Crippen LogP contribution in [0.3, 0.4) is 0 Å². The van der Waals surface area contributed by atoms with Gasteiger partial charge in [0.25, 0.3) is 0 Å². The Balaban J connectivity index is 1.56. The Bertz CT molecular complexity index is 1190. The minimum atomic E-state index is -3.87. The Hall–Kier alpha value is -2.02. The van der Waals surface area contributed by atoms with Gasteiger partial charge < -0.3 is 14.2 Å². The molecule has 0 saturated carbocycles. The van der Waals surface area contributed by atoms with Gasteiger partial charge in [0.15, 0.2) is 0 Å². The molecule has 0 bridgehead atoms. The molecule has 2 aromatic carbocycles. The van der Waals surface area contributed by atoms with E-state index < -0.39 is 20.0 Å². The van der Waals surface area contributed by atoms with Gasteiger partial charge in [-0.05, 0) is 55.5 Å². The van der Waals surface area contributed by atoms with Crippen LogP contribution in [0.5, 0.6) is 5.75 Å². The van der Waals surface area contributed by atoms with Crippen molar-refractivity contribution in [2.45, 2.75) is 47.7 Å². The molecule has 0 aliphatic carbocycles. The van der Waals surface area contributed by atoms with Gasteiger partial charge in [-0.3, -0.25) is 0 Å². The SMILES string of the molecule is COc1ccc(-c2ccc(S(=O)(=O)NCC3CCCO3)cc2)c(S(=O)(=O)NCC2CCCO2)c1. The molecule has 186 valence electrons. The lowest BCUT2D eigenvalue weighted by atomic mass is 10.1. The third-order valence-corrected chi connectivity index (χ3v) is 8.91. The molecule has 2 aliphatic rings. The van der Waals surface area contributed by atoms with E-state index in [1.807, 2.05) is 0 Å². The molecule has 9 nitrogen and oxygen atoms in total. The van der Waals surface area contributed by atoms with Gasteiger partial charge in [-0.15, -0.1) is 0 Å². The van der Waals surface area contributed by atoms with Crippen LogP contribution in [-0.4, -0.2) is 62.5 Å². The minimum Gasteiger partial charge on any atom is -0.497 e. The normalized spacial score (nSPS) is 21.1. The monoisotopic (exact) mass is 510 g/mol. The van der Waals surface area contributed by atoms with E-state index >= 15 is 0 Å². The quantitative estimate of drug-likeness (QED) is 0.503. The van der Waals surface area contributed by atoms with Crippen LogP contribution < -0.4 is 14.2 Å². The van der Waals surface area contributed by atoms with Gasteiger partial charge in [-0.1, -0.05) is 12.1 Å². The second-order valence-electron chi connectivity index (χ2n) is 8.36. The van der Waals surface area contributed by atoms with Crippen LogP contribution >= 0.6 is 0 Å². The number of methoxy groups -OCH3 is 1. The van der Waals surface area contributed by atoms with Crippen LogP contribution in [0, 0.1) is 0 Å². The number of nitrogens with one attached hydrogen (secondary N) is 2. The summed E-state index contributed by atoms with van der Waals surface area (Å²) in [5.41, 5.74) is 1.01. The molecule has 0 amide bonds. The largest absolute Gasteiger partial charge is 0.497 e. The standard InChI is InChI=1S/C23H30N2O7S2/c1-30-18-8-11-22(23(14-18)34(28,29)25-16-20-5-3-13-32-20)17-6-9-21(10-7-17)33(26,27)24-15-19-4-2-12-31-19/h6-11,14,19-20,24-25H,2-5,12-13,15-16H2,1H3. The first-order valence-electron chi connectivity index (χ1n) is 11.3. The zero-order valence-electron chi connectivity index (χ0n) is 19.0. The predicted molar refractivity (Wildman–Crippen MR) is 127 cm³/mol. The highest BCUT2D eigenvalue weighted by Gasteiger charge is 2.25. The van der Waals surface area contributed by atoms with Crippen LogP contribution in [-0.2, 0) is 29.5 Å². The van der Waals surface area contributed by atoms with Crippen molar-refractivity contribution in [1.82, 2.24) is 9.44 Å². The fourth-order valence-electron chi connectivity index (χ4n) is 4.08. The van der Waals surface area contributed by atoms with E-state index in [0.717, 1.165) is 25.7 Å². The van der Waals surface area contributed by atoms with Crippen molar-refractivity contribution in [3.05, 3.63) is 42.5 Å². The van der Waals surface area contributed by atoms with Crippen molar-refractivity contribution < 1.29 is 31.0 Å². The highest BCUT2D eigenvalue weighted by molar-refractivity contribution is 7.89. The van der Waals surface area contributed by atoms with E-state index in [1.165, 1.54) is 25.3 Å². The lowest BCUT2D eigenvalue weighted by Crippen LogP contribution is -2.32. The Morgan fingerprint density at radius 1 is 0.853 bits per heavy atom. The van der Waals surface area contributed by atoms with Crippen molar-refractivity contribution >= 4 is 20.0 Å². The molecule has 0 aromatic heterocycles. The number of rotatable bonds is 10. The van der Waals surface area contributed by atoms with Crippen molar-refractivity contribution in [1.29, 1.82) is 0 Å². The van der Waals surface area contributed by atoms with Crippen LogP contribution in [0.4, 0.5) is 0 Å². The molecule has 2 unspecified atom stereocenters. The molecule has 11 heteroatoms. The van der Waals surface area contributed by atoms with Crippen molar-refractivity contribution in [3.63, 3.8) is 0 Å². The van der Waals surface area contributed by atoms with E-state index in [4.69, 9.17) is 14.2 Å². The second-order valence-corrected chi connectivity index (χ2v) is 11.9. The second kappa shape index (κ2) is 10.7. The summed E-state index contributed by atoms with van der Waals surface area (Å²) in [6.07, 6.45) is 3.23. The Kier molecular flexibility index (Phi) is 7.90. The summed E-state index contributed by atoms with van der Waals surface area (Å²) in [5, 5.41) is 0. The maximum absolute atomic E-state index is 13.1. The van der Waals surface area contributed by atoms with E-state index in [9.17, 15) is 16.8 Å². The number of sulfonamides is 2. The number of hydrogen-bond acceptors (Lipinski definition) is 7. The smallest absolute Gasteiger partial charge is 0.241 e. The topological polar surface area (TPSA) is 120 Å². The number of ether oxygens (including phenoxy) is 3. The van der Waals surface area contributed by atoms with Gasteiger partial charge in [0, 0.05) is 37.9 Å². The summed E-state index contributed by atoms with van der Waals surface area (Å²) in [6.45, 7) is 1.69. The average molecular weight is 511 g/mol. The van der Waals surface area contributed by atoms with Gasteiger partial charge in [0.1, 0.15) is 5.75 Å². The highest BCUT2D eigenvalue weighted by Crippen LogP contribution is 2.31. The highest BCUT2D eigenvalue weighted by atomic mass is 32.2. The van der Waals surface area contributed by atoms with E-state index in [-0.39, 0.29) is 35.1 Å². The Morgan fingerprint density at radius 3 is 1.97 bits per heavy atom. The predicted octanol–water partition coefficient (Wildman–Crippen LogP) is 2.28. The van der Waals surface area contributed by atoms with Crippen LogP contribution in [0.25, 0.3) is 11.1 Å². The third kappa shape index (κ3) is 5.96. The van der Waals surface area contributed by atoms with E-state index in [0.29, 0.717) is 30.1 Å².